The molecule has 0 saturated heterocycles. The van der Waals surface area contributed by atoms with E-state index in [0.29, 0.717) is 28.9 Å². The van der Waals surface area contributed by atoms with Crippen molar-refractivity contribution in [2.45, 2.75) is 56.8 Å². The molecular formula is C36H37ClF3N3O4S. The number of hydrogen-bond acceptors (Lipinski definition) is 4. The van der Waals surface area contributed by atoms with Crippen molar-refractivity contribution in [3.8, 4) is 0 Å². The summed E-state index contributed by atoms with van der Waals surface area (Å²) in [7, 11) is -4.64. The maximum absolute atomic E-state index is 14.5. The van der Waals surface area contributed by atoms with Gasteiger partial charge in [-0.25, -0.2) is 8.42 Å². The van der Waals surface area contributed by atoms with E-state index in [-0.39, 0.29) is 22.9 Å². The SMILES string of the molecule is CCCCNC(=O)[C@H](Cc1ccccc1)N(Cc1cccc(C)c1)C(=O)CN(c1cc(C(F)(F)F)ccc1Cl)S(=O)(=O)c1ccccc1. The monoisotopic (exact) mass is 699 g/mol. The summed E-state index contributed by atoms with van der Waals surface area (Å²) in [6.07, 6.45) is -3.20. The second kappa shape index (κ2) is 16.2. The summed E-state index contributed by atoms with van der Waals surface area (Å²) < 4.78 is 70.3. The van der Waals surface area contributed by atoms with Crippen LogP contribution in [-0.2, 0) is 38.8 Å². The van der Waals surface area contributed by atoms with Gasteiger partial charge in [0.05, 0.1) is 21.2 Å². The Morgan fingerprint density at radius 3 is 2.15 bits per heavy atom. The Balaban J connectivity index is 1.85. The van der Waals surface area contributed by atoms with Crippen LogP contribution in [0.25, 0.3) is 0 Å². The zero-order chi connectivity index (χ0) is 34.9. The molecule has 0 aliphatic rings. The number of hydrogen-bond donors (Lipinski definition) is 1. The van der Waals surface area contributed by atoms with E-state index in [4.69, 9.17) is 11.6 Å². The van der Waals surface area contributed by atoms with Crippen molar-refractivity contribution in [1.82, 2.24) is 10.2 Å². The van der Waals surface area contributed by atoms with Gasteiger partial charge < -0.3 is 10.2 Å². The molecule has 0 bridgehead atoms. The number of anilines is 1. The molecule has 4 aromatic carbocycles. The molecule has 254 valence electrons. The fourth-order valence-electron chi connectivity index (χ4n) is 5.18. The quantitative estimate of drug-likeness (QED) is 0.139. The maximum atomic E-state index is 14.5. The highest BCUT2D eigenvalue weighted by atomic mass is 35.5. The topological polar surface area (TPSA) is 86.8 Å². The fraction of sp³-hybridized carbons (Fsp3) is 0.278. The van der Waals surface area contributed by atoms with Crippen LogP contribution in [0.3, 0.4) is 0 Å². The van der Waals surface area contributed by atoms with E-state index >= 15 is 0 Å². The second-order valence-electron chi connectivity index (χ2n) is 11.3. The summed E-state index contributed by atoms with van der Waals surface area (Å²) in [4.78, 5) is 29.4. The molecule has 0 aromatic heterocycles. The molecular weight excluding hydrogens is 663 g/mol. The zero-order valence-corrected chi connectivity index (χ0v) is 28.2. The van der Waals surface area contributed by atoms with Gasteiger partial charge in [0, 0.05) is 19.5 Å². The molecule has 7 nitrogen and oxygen atoms in total. The third-order valence-electron chi connectivity index (χ3n) is 7.69. The van der Waals surface area contributed by atoms with Crippen molar-refractivity contribution in [3.63, 3.8) is 0 Å². The Kier molecular flexibility index (Phi) is 12.3. The number of amides is 2. The molecule has 0 fully saturated rings. The van der Waals surface area contributed by atoms with Crippen LogP contribution in [-0.4, -0.2) is 44.3 Å². The van der Waals surface area contributed by atoms with Crippen LogP contribution in [0.1, 0.15) is 42.0 Å². The minimum Gasteiger partial charge on any atom is -0.354 e. The number of nitrogens with zero attached hydrogens (tertiary/aromatic N) is 2. The van der Waals surface area contributed by atoms with Crippen molar-refractivity contribution >= 4 is 39.1 Å². The van der Waals surface area contributed by atoms with E-state index in [0.717, 1.165) is 29.7 Å². The van der Waals surface area contributed by atoms with Crippen LogP contribution < -0.4 is 9.62 Å². The third kappa shape index (κ3) is 9.38. The first-order chi connectivity index (χ1) is 22.8. The molecule has 4 aromatic rings. The molecule has 4 rings (SSSR count). The highest BCUT2D eigenvalue weighted by molar-refractivity contribution is 7.92. The average Bonchev–Trinajstić information content (AvgIpc) is 3.06. The minimum absolute atomic E-state index is 0.0746. The Hall–Kier alpha value is -4.35. The molecule has 1 N–H and O–H groups in total. The Morgan fingerprint density at radius 2 is 1.52 bits per heavy atom. The second-order valence-corrected chi connectivity index (χ2v) is 13.6. The minimum atomic E-state index is -4.82. The van der Waals surface area contributed by atoms with E-state index in [1.807, 2.05) is 44.2 Å². The van der Waals surface area contributed by atoms with Gasteiger partial charge in [0.2, 0.25) is 11.8 Å². The predicted octanol–water partition coefficient (Wildman–Crippen LogP) is 7.42. The molecule has 0 saturated carbocycles. The van der Waals surface area contributed by atoms with Gasteiger partial charge in [-0.1, -0.05) is 103 Å². The lowest BCUT2D eigenvalue weighted by molar-refractivity contribution is -0.140. The molecule has 0 radical (unpaired) electrons. The Labute approximate surface area is 284 Å². The number of carbonyl (C=O) groups is 2. The third-order valence-corrected chi connectivity index (χ3v) is 9.78. The predicted molar refractivity (Wildman–Crippen MR) is 181 cm³/mol. The van der Waals surface area contributed by atoms with Crippen molar-refractivity contribution in [1.29, 1.82) is 0 Å². The summed E-state index contributed by atoms with van der Waals surface area (Å²) >= 11 is 6.37. The number of aryl methyl sites for hydroxylation is 1. The highest BCUT2D eigenvalue weighted by Crippen LogP contribution is 2.37. The van der Waals surface area contributed by atoms with E-state index in [1.54, 1.807) is 30.3 Å². The summed E-state index contributed by atoms with van der Waals surface area (Å²) in [5.74, 6) is -1.25. The van der Waals surface area contributed by atoms with Gasteiger partial charge in [-0.05, 0) is 54.8 Å². The lowest BCUT2D eigenvalue weighted by atomic mass is 10.0. The molecule has 0 aliphatic heterocycles. The number of unbranched alkanes of at least 4 members (excludes halogenated alkanes) is 1. The number of carbonyl (C=O) groups excluding carboxylic acids is 2. The van der Waals surface area contributed by atoms with Gasteiger partial charge >= 0.3 is 6.18 Å². The van der Waals surface area contributed by atoms with Crippen LogP contribution in [0.5, 0.6) is 0 Å². The van der Waals surface area contributed by atoms with Gasteiger partial charge in [-0.2, -0.15) is 13.2 Å². The Bertz CT molecular complexity index is 1810. The number of nitrogens with one attached hydrogen (secondary N) is 1. The summed E-state index contributed by atoms with van der Waals surface area (Å²) in [5, 5.41) is 2.59. The van der Waals surface area contributed by atoms with Gasteiger partial charge in [0.15, 0.2) is 0 Å². The first kappa shape index (κ1) is 36.5. The standard InChI is InChI=1S/C36H37ClF3N3O4S/c1-3-4-20-41-35(45)33(22-27-13-7-5-8-14-27)42(24-28-15-11-12-26(2)21-28)34(44)25-43(48(46,47)30-16-9-6-10-17-30)32-23-29(36(38,39)40)18-19-31(32)37/h5-19,21,23,33H,3-4,20,22,24-25H2,1-2H3,(H,41,45)/t33-/m0/s1. The number of rotatable bonds is 14. The Morgan fingerprint density at radius 1 is 0.875 bits per heavy atom. The van der Waals surface area contributed by atoms with E-state index in [2.05, 4.69) is 5.32 Å². The lowest BCUT2D eigenvalue weighted by Crippen LogP contribution is -2.53. The van der Waals surface area contributed by atoms with E-state index in [9.17, 15) is 31.2 Å². The largest absolute Gasteiger partial charge is 0.416 e. The van der Waals surface area contributed by atoms with Gasteiger partial charge in [-0.3, -0.25) is 13.9 Å². The molecule has 12 heteroatoms. The van der Waals surface area contributed by atoms with E-state index in [1.165, 1.54) is 29.2 Å². The molecule has 48 heavy (non-hydrogen) atoms. The molecule has 0 unspecified atom stereocenters. The molecule has 0 aliphatic carbocycles. The van der Waals surface area contributed by atoms with Crippen molar-refractivity contribution in [3.05, 3.63) is 130 Å². The van der Waals surface area contributed by atoms with Crippen molar-refractivity contribution in [2.24, 2.45) is 0 Å². The average molecular weight is 700 g/mol. The van der Waals surface area contributed by atoms with Crippen LogP contribution in [0.15, 0.2) is 108 Å². The summed E-state index contributed by atoms with van der Waals surface area (Å²) in [6, 6.07) is 24.6. The number of sulfonamides is 1. The lowest BCUT2D eigenvalue weighted by Gasteiger charge is -2.34. The zero-order valence-electron chi connectivity index (χ0n) is 26.6. The highest BCUT2D eigenvalue weighted by Gasteiger charge is 2.37. The summed E-state index contributed by atoms with van der Waals surface area (Å²) in [5.41, 5.74) is 0.667. The van der Waals surface area contributed by atoms with Gasteiger partial charge in [0.25, 0.3) is 10.0 Å². The normalized spacial score (nSPS) is 12.3. The fourth-order valence-corrected chi connectivity index (χ4v) is 6.90. The number of alkyl halides is 3. The van der Waals surface area contributed by atoms with E-state index < -0.39 is 51.9 Å². The smallest absolute Gasteiger partial charge is 0.354 e. The van der Waals surface area contributed by atoms with Crippen molar-refractivity contribution < 1.29 is 31.2 Å². The molecule has 1 atom stereocenters. The molecule has 0 heterocycles. The van der Waals surface area contributed by atoms with Crippen molar-refractivity contribution in [2.75, 3.05) is 17.4 Å². The summed E-state index contributed by atoms with van der Waals surface area (Å²) in [6.45, 7) is 3.20. The maximum Gasteiger partial charge on any atom is 0.416 e. The van der Waals surface area contributed by atoms with Gasteiger partial charge in [0.1, 0.15) is 12.6 Å². The number of halogens is 4. The van der Waals surface area contributed by atoms with Crippen LogP contribution in [0.2, 0.25) is 5.02 Å². The molecule has 0 spiro atoms. The van der Waals surface area contributed by atoms with Crippen LogP contribution in [0, 0.1) is 6.92 Å². The first-order valence-electron chi connectivity index (χ1n) is 15.4. The van der Waals surface area contributed by atoms with Crippen LogP contribution >= 0.6 is 11.6 Å². The molecule has 2 amide bonds. The van der Waals surface area contributed by atoms with Crippen LogP contribution in [0.4, 0.5) is 18.9 Å². The first-order valence-corrected chi connectivity index (χ1v) is 17.2. The van der Waals surface area contributed by atoms with Gasteiger partial charge in [-0.15, -0.1) is 0 Å². The number of benzene rings is 4.